The van der Waals surface area contributed by atoms with E-state index in [2.05, 4.69) is 20.4 Å². The highest BCUT2D eigenvalue weighted by atomic mass is 16.5. The van der Waals surface area contributed by atoms with E-state index in [0.29, 0.717) is 23.6 Å². The molecular formula is C20H16N4O4. The van der Waals surface area contributed by atoms with E-state index in [1.54, 1.807) is 26.4 Å². The molecule has 0 amide bonds. The molecule has 4 aromatic rings. The molecule has 0 aliphatic rings. The van der Waals surface area contributed by atoms with Crippen LogP contribution in [0.15, 0.2) is 57.4 Å². The Hall–Kier alpha value is -3.94. The lowest BCUT2D eigenvalue weighted by atomic mass is 10.2. The molecule has 0 bridgehead atoms. The minimum Gasteiger partial charge on any atom is -0.497 e. The van der Waals surface area contributed by atoms with Crippen molar-refractivity contribution in [1.29, 1.82) is 0 Å². The van der Waals surface area contributed by atoms with Crippen LogP contribution in [0.5, 0.6) is 11.5 Å². The van der Waals surface area contributed by atoms with Crippen molar-refractivity contribution < 1.29 is 18.3 Å². The molecule has 0 saturated heterocycles. The summed E-state index contributed by atoms with van der Waals surface area (Å²) < 4.78 is 21.5. The summed E-state index contributed by atoms with van der Waals surface area (Å²) in [6.45, 7) is 0. The third-order valence-corrected chi connectivity index (χ3v) is 3.92. The average Bonchev–Trinajstić information content (AvgIpc) is 3.42. The topological polar surface area (TPSA) is 96.3 Å². The molecule has 0 aliphatic heterocycles. The maximum atomic E-state index is 5.63. The highest BCUT2D eigenvalue weighted by Gasteiger charge is 2.09. The zero-order valence-corrected chi connectivity index (χ0v) is 15.2. The van der Waals surface area contributed by atoms with Crippen molar-refractivity contribution in [3.63, 3.8) is 0 Å². The molecule has 0 unspecified atom stereocenters. The SMILES string of the molecule is COc1ccc(-c2nnc(/C=C/c3nnc(-c4ccc(OC)cc4)o3)o2)cc1. The number of hydrogen-bond donors (Lipinski definition) is 0. The smallest absolute Gasteiger partial charge is 0.248 e. The van der Waals surface area contributed by atoms with Crippen molar-refractivity contribution in [3.8, 4) is 34.4 Å². The van der Waals surface area contributed by atoms with Gasteiger partial charge in [-0.1, -0.05) is 0 Å². The fourth-order valence-corrected chi connectivity index (χ4v) is 2.45. The van der Waals surface area contributed by atoms with Gasteiger partial charge in [0.15, 0.2) is 0 Å². The number of benzene rings is 2. The van der Waals surface area contributed by atoms with Crippen LogP contribution in [-0.4, -0.2) is 34.6 Å². The fourth-order valence-electron chi connectivity index (χ4n) is 2.45. The Morgan fingerprint density at radius 3 is 1.36 bits per heavy atom. The first-order valence-corrected chi connectivity index (χ1v) is 8.39. The van der Waals surface area contributed by atoms with Gasteiger partial charge in [0.2, 0.25) is 23.6 Å². The van der Waals surface area contributed by atoms with Crippen LogP contribution in [0.2, 0.25) is 0 Å². The maximum Gasteiger partial charge on any atom is 0.248 e. The second-order valence-corrected chi connectivity index (χ2v) is 5.68. The van der Waals surface area contributed by atoms with Crippen molar-refractivity contribution in [2.75, 3.05) is 14.2 Å². The first-order chi connectivity index (χ1) is 13.7. The number of hydrogen-bond acceptors (Lipinski definition) is 8. The number of aromatic nitrogens is 4. The van der Waals surface area contributed by atoms with Crippen LogP contribution in [-0.2, 0) is 0 Å². The van der Waals surface area contributed by atoms with Gasteiger partial charge in [-0.25, -0.2) is 0 Å². The number of rotatable bonds is 6. The van der Waals surface area contributed by atoms with Crippen LogP contribution in [0.3, 0.4) is 0 Å². The Labute approximate surface area is 160 Å². The lowest BCUT2D eigenvalue weighted by molar-refractivity contribution is 0.414. The van der Waals surface area contributed by atoms with E-state index in [-0.39, 0.29) is 0 Å². The van der Waals surface area contributed by atoms with Gasteiger partial charge in [-0.05, 0) is 48.5 Å². The first-order valence-electron chi connectivity index (χ1n) is 8.39. The van der Waals surface area contributed by atoms with Crippen molar-refractivity contribution in [2.45, 2.75) is 0 Å². The Balaban J connectivity index is 1.47. The lowest BCUT2D eigenvalue weighted by Crippen LogP contribution is -1.82. The summed E-state index contributed by atoms with van der Waals surface area (Å²) in [4.78, 5) is 0. The predicted octanol–water partition coefficient (Wildman–Crippen LogP) is 3.97. The van der Waals surface area contributed by atoms with Crippen molar-refractivity contribution in [1.82, 2.24) is 20.4 Å². The van der Waals surface area contributed by atoms with Gasteiger partial charge < -0.3 is 18.3 Å². The molecule has 28 heavy (non-hydrogen) atoms. The Morgan fingerprint density at radius 1 is 0.607 bits per heavy atom. The molecule has 8 nitrogen and oxygen atoms in total. The van der Waals surface area contributed by atoms with Crippen molar-refractivity contribution >= 4 is 12.2 Å². The normalized spacial score (nSPS) is 11.1. The van der Waals surface area contributed by atoms with Crippen LogP contribution in [0.25, 0.3) is 35.1 Å². The maximum absolute atomic E-state index is 5.63. The first kappa shape index (κ1) is 17.5. The van der Waals surface area contributed by atoms with Gasteiger partial charge in [-0.15, -0.1) is 20.4 Å². The van der Waals surface area contributed by atoms with Crippen LogP contribution >= 0.6 is 0 Å². The molecule has 2 heterocycles. The van der Waals surface area contributed by atoms with Crippen LogP contribution in [0, 0.1) is 0 Å². The lowest BCUT2D eigenvalue weighted by Gasteiger charge is -1.99. The zero-order chi connectivity index (χ0) is 19.3. The third-order valence-electron chi connectivity index (χ3n) is 3.92. The van der Waals surface area contributed by atoms with E-state index in [4.69, 9.17) is 18.3 Å². The highest BCUT2D eigenvalue weighted by molar-refractivity contribution is 5.63. The van der Waals surface area contributed by atoms with Gasteiger partial charge in [0, 0.05) is 23.3 Å². The van der Waals surface area contributed by atoms with E-state index in [9.17, 15) is 0 Å². The second kappa shape index (κ2) is 7.75. The molecule has 2 aromatic carbocycles. The second-order valence-electron chi connectivity index (χ2n) is 5.68. The monoisotopic (exact) mass is 376 g/mol. The highest BCUT2D eigenvalue weighted by Crippen LogP contribution is 2.23. The predicted molar refractivity (Wildman–Crippen MR) is 102 cm³/mol. The van der Waals surface area contributed by atoms with Gasteiger partial charge in [-0.3, -0.25) is 0 Å². The molecule has 140 valence electrons. The number of ether oxygens (including phenoxy) is 2. The summed E-state index contributed by atoms with van der Waals surface area (Å²) in [5.74, 6) is 2.99. The quantitative estimate of drug-likeness (QED) is 0.499. The Morgan fingerprint density at radius 2 is 1.00 bits per heavy atom. The molecule has 2 aromatic heterocycles. The Kier molecular flexibility index (Phi) is 4.83. The molecule has 0 fully saturated rings. The van der Waals surface area contributed by atoms with Crippen LogP contribution in [0.4, 0.5) is 0 Å². The van der Waals surface area contributed by atoms with Gasteiger partial charge in [0.1, 0.15) is 11.5 Å². The summed E-state index contributed by atoms with van der Waals surface area (Å²) in [5.41, 5.74) is 1.60. The molecular weight excluding hydrogens is 360 g/mol. The summed E-state index contributed by atoms with van der Waals surface area (Å²) in [5, 5.41) is 16.1. The molecule has 0 atom stereocenters. The summed E-state index contributed by atoms with van der Waals surface area (Å²) >= 11 is 0. The molecule has 0 aliphatic carbocycles. The standard InChI is InChI=1S/C20H16N4O4/c1-25-15-7-3-13(4-8-15)19-23-21-17(27-19)11-12-18-22-24-20(28-18)14-5-9-16(26-2)10-6-14/h3-12H,1-2H3/b12-11+. The Bertz CT molecular complexity index is 994. The summed E-state index contributed by atoms with van der Waals surface area (Å²) in [7, 11) is 3.23. The van der Waals surface area contributed by atoms with E-state index in [1.165, 1.54) is 0 Å². The number of methoxy groups -OCH3 is 2. The number of nitrogens with zero attached hydrogens (tertiary/aromatic N) is 4. The van der Waals surface area contributed by atoms with E-state index >= 15 is 0 Å². The van der Waals surface area contributed by atoms with E-state index in [0.717, 1.165) is 22.6 Å². The summed E-state index contributed by atoms with van der Waals surface area (Å²) in [6.07, 6.45) is 3.23. The van der Waals surface area contributed by atoms with Crippen molar-refractivity contribution in [2.24, 2.45) is 0 Å². The minimum atomic E-state index is 0.329. The molecule has 0 N–H and O–H groups in total. The minimum absolute atomic E-state index is 0.329. The zero-order valence-electron chi connectivity index (χ0n) is 15.2. The van der Waals surface area contributed by atoms with E-state index in [1.807, 2.05) is 48.5 Å². The molecule has 4 rings (SSSR count). The van der Waals surface area contributed by atoms with Gasteiger partial charge in [0.25, 0.3) is 0 Å². The van der Waals surface area contributed by atoms with Crippen LogP contribution < -0.4 is 9.47 Å². The fraction of sp³-hybridized carbons (Fsp3) is 0.100. The average molecular weight is 376 g/mol. The van der Waals surface area contributed by atoms with E-state index < -0.39 is 0 Å². The van der Waals surface area contributed by atoms with Crippen LogP contribution in [0.1, 0.15) is 11.8 Å². The molecule has 0 spiro atoms. The molecule has 0 saturated carbocycles. The largest absolute Gasteiger partial charge is 0.497 e. The third kappa shape index (κ3) is 3.75. The molecule has 0 radical (unpaired) electrons. The molecule has 8 heteroatoms. The van der Waals surface area contributed by atoms with Gasteiger partial charge in [0.05, 0.1) is 14.2 Å². The summed E-state index contributed by atoms with van der Waals surface area (Å²) in [6, 6.07) is 14.7. The van der Waals surface area contributed by atoms with Gasteiger partial charge in [-0.2, -0.15) is 0 Å². The van der Waals surface area contributed by atoms with Crippen molar-refractivity contribution in [3.05, 3.63) is 60.3 Å². The van der Waals surface area contributed by atoms with Gasteiger partial charge >= 0.3 is 0 Å².